The number of guanidine groups is 1. The number of nitrogens with zero attached hydrogens (tertiary/aromatic N) is 1. The van der Waals surface area contributed by atoms with Gasteiger partial charge in [-0.1, -0.05) is 42.5 Å². The van der Waals surface area contributed by atoms with Crippen LogP contribution in [-0.2, 0) is 16.9 Å². The number of hydrogen-bond acceptors (Lipinski definition) is 4. The van der Waals surface area contributed by atoms with Crippen molar-refractivity contribution in [3.05, 3.63) is 65.7 Å². The summed E-state index contributed by atoms with van der Waals surface area (Å²) in [5.74, 6) is 1.09. The molecule has 2 aromatic carbocycles. The molecule has 31 heavy (non-hydrogen) atoms. The number of likely N-dealkylation sites (N-methyl/N-ethyl adjacent to an activating group) is 1. The van der Waals surface area contributed by atoms with Crippen molar-refractivity contribution in [3.8, 4) is 5.75 Å². The van der Waals surface area contributed by atoms with Crippen LogP contribution < -0.4 is 20.7 Å². The third kappa shape index (κ3) is 9.56. The highest BCUT2D eigenvalue weighted by molar-refractivity contribution is 14.0. The zero-order valence-corrected chi connectivity index (χ0v) is 20.7. The van der Waals surface area contributed by atoms with Gasteiger partial charge in [-0.25, -0.2) is 4.99 Å². The van der Waals surface area contributed by atoms with Crippen LogP contribution >= 0.6 is 24.0 Å². The van der Waals surface area contributed by atoms with Gasteiger partial charge in [0.05, 0.1) is 13.1 Å². The third-order valence-electron chi connectivity index (χ3n) is 4.40. The van der Waals surface area contributed by atoms with E-state index in [-0.39, 0.29) is 36.5 Å². The van der Waals surface area contributed by atoms with E-state index < -0.39 is 5.60 Å². The Kier molecular flexibility index (Phi) is 11.9. The molecule has 0 fully saturated rings. The van der Waals surface area contributed by atoms with Gasteiger partial charge in [0.1, 0.15) is 11.4 Å². The van der Waals surface area contributed by atoms with Gasteiger partial charge in [0.15, 0.2) is 12.6 Å². The van der Waals surface area contributed by atoms with E-state index >= 15 is 0 Å². The normalized spacial score (nSPS) is 12.8. The van der Waals surface area contributed by atoms with Gasteiger partial charge in [-0.15, -0.1) is 24.0 Å². The minimum atomic E-state index is -1.02. The number of aliphatic hydroxyl groups is 1. The molecule has 1 atom stereocenters. The van der Waals surface area contributed by atoms with Crippen LogP contribution in [0.4, 0.5) is 0 Å². The molecule has 2 rings (SSSR count). The van der Waals surface area contributed by atoms with Gasteiger partial charge in [-0.2, -0.15) is 0 Å². The molecule has 0 aliphatic heterocycles. The fourth-order valence-corrected chi connectivity index (χ4v) is 2.80. The molecule has 1 amide bonds. The molecule has 170 valence electrons. The van der Waals surface area contributed by atoms with E-state index in [1.807, 2.05) is 68.4 Å². The Labute approximate surface area is 201 Å². The van der Waals surface area contributed by atoms with E-state index in [0.29, 0.717) is 37.9 Å². The first kappa shape index (κ1) is 26.7. The van der Waals surface area contributed by atoms with Crippen molar-refractivity contribution in [1.29, 1.82) is 0 Å². The monoisotopic (exact) mass is 540 g/mol. The summed E-state index contributed by atoms with van der Waals surface area (Å²) in [6.45, 7) is 7.64. The van der Waals surface area contributed by atoms with Crippen molar-refractivity contribution in [2.24, 2.45) is 4.99 Å². The molecule has 0 spiro atoms. The Morgan fingerprint density at radius 2 is 1.74 bits per heavy atom. The second kappa shape index (κ2) is 13.9. The van der Waals surface area contributed by atoms with Crippen molar-refractivity contribution in [2.45, 2.75) is 32.9 Å². The molecule has 0 aliphatic rings. The van der Waals surface area contributed by atoms with Gasteiger partial charge in [-0.3, -0.25) is 4.79 Å². The minimum absolute atomic E-state index is 0. The van der Waals surface area contributed by atoms with Crippen LogP contribution in [0.15, 0.2) is 59.6 Å². The van der Waals surface area contributed by atoms with Gasteiger partial charge in [-0.05, 0) is 44.0 Å². The molecule has 4 N–H and O–H groups in total. The smallest absolute Gasteiger partial charge is 0.257 e. The lowest BCUT2D eigenvalue weighted by atomic mass is 9.96. The Morgan fingerprint density at radius 3 is 2.42 bits per heavy atom. The Bertz CT molecular complexity index is 829. The molecular formula is C23H33IN4O3. The summed E-state index contributed by atoms with van der Waals surface area (Å²) < 4.78 is 5.53. The van der Waals surface area contributed by atoms with Crippen molar-refractivity contribution in [3.63, 3.8) is 0 Å². The maximum atomic E-state index is 11.5. The fraction of sp³-hybridized carbons (Fsp3) is 0.391. The van der Waals surface area contributed by atoms with Gasteiger partial charge >= 0.3 is 0 Å². The molecule has 2 aromatic rings. The number of hydrogen-bond donors (Lipinski definition) is 4. The average molecular weight is 540 g/mol. The highest BCUT2D eigenvalue weighted by atomic mass is 127. The van der Waals surface area contributed by atoms with E-state index in [4.69, 9.17) is 4.74 Å². The summed E-state index contributed by atoms with van der Waals surface area (Å²) in [6, 6.07) is 17.0. The standard InChI is InChI=1S/C23H32N4O3.HI/c1-4-24-21(28)16-30-20-13-9-10-18(14-20)15-26-22(25-5-2)27-17-23(3,29)19-11-7-6-8-12-19;/h6-14,29H,4-5,15-17H2,1-3H3,(H,24,28)(H2,25,26,27);1H. The van der Waals surface area contributed by atoms with Crippen LogP contribution in [0, 0.1) is 0 Å². The lowest BCUT2D eigenvalue weighted by Gasteiger charge is -2.25. The molecule has 0 radical (unpaired) electrons. The summed E-state index contributed by atoms with van der Waals surface area (Å²) >= 11 is 0. The second-order valence-electron chi connectivity index (χ2n) is 7.08. The number of benzene rings is 2. The Hall–Kier alpha value is -2.33. The highest BCUT2D eigenvalue weighted by Gasteiger charge is 2.22. The SMILES string of the molecule is CCNC(=O)COc1cccc(CN=C(NCC)NCC(C)(O)c2ccccc2)c1.I. The van der Waals surface area contributed by atoms with Gasteiger partial charge in [0.25, 0.3) is 5.91 Å². The molecule has 8 heteroatoms. The molecule has 7 nitrogen and oxygen atoms in total. The fourth-order valence-electron chi connectivity index (χ4n) is 2.80. The Balaban J connectivity index is 0.00000480. The molecule has 0 aromatic heterocycles. The van der Waals surface area contributed by atoms with Gasteiger partial charge in [0, 0.05) is 13.1 Å². The molecular weight excluding hydrogens is 507 g/mol. The maximum Gasteiger partial charge on any atom is 0.257 e. The van der Waals surface area contributed by atoms with E-state index in [1.54, 1.807) is 6.92 Å². The zero-order chi connectivity index (χ0) is 21.8. The van der Waals surface area contributed by atoms with Gasteiger partial charge in [0.2, 0.25) is 0 Å². The van der Waals surface area contributed by atoms with Crippen molar-refractivity contribution >= 4 is 35.8 Å². The summed E-state index contributed by atoms with van der Waals surface area (Å²) in [5, 5.41) is 19.9. The predicted molar refractivity (Wildman–Crippen MR) is 135 cm³/mol. The topological polar surface area (TPSA) is 95.0 Å². The van der Waals surface area contributed by atoms with Crippen LogP contribution in [0.5, 0.6) is 5.75 Å². The lowest BCUT2D eigenvalue weighted by molar-refractivity contribution is -0.122. The molecule has 0 saturated carbocycles. The number of nitrogens with one attached hydrogen (secondary N) is 3. The highest BCUT2D eigenvalue weighted by Crippen LogP contribution is 2.19. The van der Waals surface area contributed by atoms with Crippen molar-refractivity contribution in [2.75, 3.05) is 26.2 Å². The van der Waals surface area contributed by atoms with Crippen molar-refractivity contribution < 1.29 is 14.6 Å². The molecule has 1 unspecified atom stereocenters. The summed E-state index contributed by atoms with van der Waals surface area (Å²) in [5.41, 5.74) is 0.769. The lowest BCUT2D eigenvalue weighted by Crippen LogP contribution is -2.44. The van der Waals surface area contributed by atoms with E-state index in [1.165, 1.54) is 0 Å². The predicted octanol–water partition coefficient (Wildman–Crippen LogP) is 2.78. The number of amides is 1. The average Bonchev–Trinajstić information content (AvgIpc) is 2.75. The maximum absolute atomic E-state index is 11.5. The van der Waals surface area contributed by atoms with Crippen LogP contribution in [0.3, 0.4) is 0 Å². The first-order valence-electron chi connectivity index (χ1n) is 10.2. The number of carbonyl (C=O) groups excluding carboxylic acids is 1. The molecule has 0 bridgehead atoms. The minimum Gasteiger partial charge on any atom is -0.484 e. The number of carbonyl (C=O) groups is 1. The second-order valence-corrected chi connectivity index (χ2v) is 7.08. The number of halogens is 1. The number of ether oxygens (including phenoxy) is 1. The summed E-state index contributed by atoms with van der Waals surface area (Å²) in [7, 11) is 0. The quantitative estimate of drug-likeness (QED) is 0.211. The molecule has 0 heterocycles. The van der Waals surface area contributed by atoms with Crippen LogP contribution in [-0.4, -0.2) is 43.2 Å². The number of rotatable bonds is 10. The largest absolute Gasteiger partial charge is 0.484 e. The van der Waals surface area contributed by atoms with Crippen molar-refractivity contribution in [1.82, 2.24) is 16.0 Å². The van der Waals surface area contributed by atoms with E-state index in [9.17, 15) is 9.90 Å². The van der Waals surface area contributed by atoms with E-state index in [2.05, 4.69) is 20.9 Å². The third-order valence-corrected chi connectivity index (χ3v) is 4.40. The molecule has 0 aliphatic carbocycles. The number of aliphatic imine (C=N–C) groups is 1. The molecule has 0 saturated heterocycles. The summed E-state index contributed by atoms with van der Waals surface area (Å²) in [4.78, 5) is 16.1. The van der Waals surface area contributed by atoms with E-state index in [0.717, 1.165) is 11.1 Å². The van der Waals surface area contributed by atoms with Crippen LogP contribution in [0.2, 0.25) is 0 Å². The first-order valence-corrected chi connectivity index (χ1v) is 10.2. The Morgan fingerprint density at radius 1 is 1.03 bits per heavy atom. The zero-order valence-electron chi connectivity index (χ0n) is 18.4. The first-order chi connectivity index (χ1) is 14.4. The van der Waals surface area contributed by atoms with Gasteiger partial charge < -0.3 is 25.8 Å². The van der Waals surface area contributed by atoms with Crippen LogP contribution in [0.25, 0.3) is 0 Å². The van der Waals surface area contributed by atoms with Crippen LogP contribution in [0.1, 0.15) is 31.9 Å². The summed E-state index contributed by atoms with van der Waals surface area (Å²) in [6.07, 6.45) is 0.